The quantitative estimate of drug-likeness (QED) is 0.812. The van der Waals surface area contributed by atoms with E-state index in [2.05, 4.69) is 0 Å². The molecule has 1 heterocycles. The van der Waals surface area contributed by atoms with E-state index in [1.54, 1.807) is 4.90 Å². The zero-order chi connectivity index (χ0) is 15.6. The summed E-state index contributed by atoms with van der Waals surface area (Å²) in [6, 6.07) is 3.79. The van der Waals surface area contributed by atoms with Gasteiger partial charge in [0.05, 0.1) is 5.69 Å². The van der Waals surface area contributed by atoms with Crippen molar-refractivity contribution in [2.75, 3.05) is 31.9 Å². The van der Waals surface area contributed by atoms with Crippen LogP contribution in [0.1, 0.15) is 13.3 Å². The number of carbonyl (C=O) groups is 1. The van der Waals surface area contributed by atoms with Gasteiger partial charge >= 0.3 is 0 Å². The number of halogens is 1. The summed E-state index contributed by atoms with van der Waals surface area (Å²) in [6.07, 6.45) is 0.507. The Morgan fingerprint density at radius 1 is 1.24 bits per heavy atom. The molecule has 8 heteroatoms. The molecule has 2 rings (SSSR count). The Labute approximate surface area is 123 Å². The molecule has 0 radical (unpaired) electrons. The van der Waals surface area contributed by atoms with Crippen LogP contribution in [0.15, 0.2) is 23.1 Å². The van der Waals surface area contributed by atoms with E-state index >= 15 is 0 Å². The van der Waals surface area contributed by atoms with Gasteiger partial charge in [-0.1, -0.05) is 6.07 Å². The first-order valence-corrected chi connectivity index (χ1v) is 8.07. The third kappa shape index (κ3) is 3.16. The highest BCUT2D eigenvalue weighted by Gasteiger charge is 2.31. The second-order valence-electron chi connectivity index (χ2n) is 4.92. The van der Waals surface area contributed by atoms with Crippen LogP contribution in [0.25, 0.3) is 0 Å². The highest BCUT2D eigenvalue weighted by molar-refractivity contribution is 7.89. The van der Waals surface area contributed by atoms with Crippen LogP contribution in [0, 0.1) is 5.82 Å². The van der Waals surface area contributed by atoms with Gasteiger partial charge in [0, 0.05) is 33.1 Å². The van der Waals surface area contributed by atoms with E-state index in [9.17, 15) is 17.6 Å². The summed E-state index contributed by atoms with van der Waals surface area (Å²) in [5.41, 5.74) is 5.51. The lowest BCUT2D eigenvalue weighted by Gasteiger charge is -2.22. The molecule has 0 spiro atoms. The van der Waals surface area contributed by atoms with Crippen LogP contribution in [0.3, 0.4) is 0 Å². The van der Waals surface area contributed by atoms with Gasteiger partial charge in [0.25, 0.3) is 0 Å². The minimum Gasteiger partial charge on any atom is -0.398 e. The van der Waals surface area contributed by atoms with E-state index in [-0.39, 0.29) is 24.7 Å². The number of carbonyl (C=O) groups excluding carboxylic acids is 1. The summed E-state index contributed by atoms with van der Waals surface area (Å²) < 4.78 is 40.2. The van der Waals surface area contributed by atoms with Crippen LogP contribution < -0.4 is 5.73 Å². The van der Waals surface area contributed by atoms with Gasteiger partial charge in [0.15, 0.2) is 0 Å². The van der Waals surface area contributed by atoms with Crippen molar-refractivity contribution >= 4 is 21.6 Å². The summed E-state index contributed by atoms with van der Waals surface area (Å²) in [5.74, 6) is -0.956. The molecular formula is C13H18FN3O3S. The first-order valence-electron chi connectivity index (χ1n) is 6.63. The van der Waals surface area contributed by atoms with Crippen molar-refractivity contribution in [1.82, 2.24) is 9.21 Å². The van der Waals surface area contributed by atoms with Crippen molar-refractivity contribution in [2.24, 2.45) is 0 Å². The zero-order valence-electron chi connectivity index (χ0n) is 11.8. The molecule has 0 aliphatic carbocycles. The Morgan fingerprint density at radius 2 is 1.95 bits per heavy atom. The van der Waals surface area contributed by atoms with Gasteiger partial charge < -0.3 is 10.6 Å². The molecule has 1 saturated heterocycles. The molecular weight excluding hydrogens is 297 g/mol. The maximum atomic E-state index is 13.9. The third-order valence-electron chi connectivity index (χ3n) is 3.50. The molecule has 0 bridgehead atoms. The molecule has 1 aromatic rings. The lowest BCUT2D eigenvalue weighted by Crippen LogP contribution is -2.37. The zero-order valence-corrected chi connectivity index (χ0v) is 12.6. The van der Waals surface area contributed by atoms with Crippen LogP contribution in [-0.2, 0) is 14.8 Å². The van der Waals surface area contributed by atoms with Gasteiger partial charge in [-0.15, -0.1) is 0 Å². The third-order valence-corrected chi connectivity index (χ3v) is 5.49. The van der Waals surface area contributed by atoms with E-state index in [0.717, 1.165) is 6.07 Å². The van der Waals surface area contributed by atoms with Crippen molar-refractivity contribution in [3.05, 3.63) is 24.0 Å². The lowest BCUT2D eigenvalue weighted by molar-refractivity contribution is -0.128. The second-order valence-corrected chi connectivity index (χ2v) is 6.80. The molecule has 0 saturated carbocycles. The number of amides is 1. The molecule has 1 aromatic carbocycles. The Balaban J connectivity index is 2.30. The second kappa shape index (κ2) is 5.98. The van der Waals surface area contributed by atoms with E-state index < -0.39 is 20.7 Å². The number of hydrogen-bond donors (Lipinski definition) is 1. The van der Waals surface area contributed by atoms with E-state index in [4.69, 9.17) is 5.73 Å². The number of hydrogen-bond acceptors (Lipinski definition) is 4. The minimum atomic E-state index is -4.00. The highest BCUT2D eigenvalue weighted by Crippen LogP contribution is 2.26. The largest absolute Gasteiger partial charge is 0.398 e. The fraction of sp³-hybridized carbons (Fsp3) is 0.462. The van der Waals surface area contributed by atoms with Crippen molar-refractivity contribution in [3.63, 3.8) is 0 Å². The predicted molar refractivity (Wildman–Crippen MR) is 76.4 cm³/mol. The maximum absolute atomic E-state index is 13.9. The van der Waals surface area contributed by atoms with Gasteiger partial charge in [-0.2, -0.15) is 4.31 Å². The van der Waals surface area contributed by atoms with Crippen LogP contribution >= 0.6 is 0 Å². The predicted octanol–water partition coefficient (Wildman–Crippen LogP) is 0.651. The summed E-state index contributed by atoms with van der Waals surface area (Å²) >= 11 is 0. The number of benzene rings is 1. The smallest absolute Gasteiger partial charge is 0.248 e. The van der Waals surface area contributed by atoms with E-state index in [0.29, 0.717) is 19.5 Å². The van der Waals surface area contributed by atoms with Crippen molar-refractivity contribution in [1.29, 1.82) is 0 Å². The Bertz CT molecular complexity index is 628. The summed E-state index contributed by atoms with van der Waals surface area (Å²) in [6.45, 7) is 2.60. The number of nitrogens with zero attached hydrogens (tertiary/aromatic N) is 2. The van der Waals surface area contributed by atoms with Gasteiger partial charge in [-0.05, 0) is 18.6 Å². The molecule has 2 N–H and O–H groups in total. The van der Waals surface area contributed by atoms with Crippen LogP contribution in [-0.4, -0.2) is 49.7 Å². The van der Waals surface area contributed by atoms with Gasteiger partial charge in [0.1, 0.15) is 10.7 Å². The van der Waals surface area contributed by atoms with Gasteiger partial charge in [-0.25, -0.2) is 12.8 Å². The molecule has 21 heavy (non-hydrogen) atoms. The average molecular weight is 315 g/mol. The molecule has 1 fully saturated rings. The highest BCUT2D eigenvalue weighted by atomic mass is 32.2. The fourth-order valence-electron chi connectivity index (χ4n) is 2.38. The first-order chi connectivity index (χ1) is 9.84. The van der Waals surface area contributed by atoms with Crippen LogP contribution in [0.4, 0.5) is 10.1 Å². The molecule has 0 atom stereocenters. The molecule has 1 aliphatic heterocycles. The van der Waals surface area contributed by atoms with Crippen LogP contribution in [0.5, 0.6) is 0 Å². The van der Waals surface area contributed by atoms with Crippen LogP contribution in [0.2, 0.25) is 0 Å². The first kappa shape index (κ1) is 15.7. The summed E-state index contributed by atoms with van der Waals surface area (Å²) in [4.78, 5) is 12.5. The summed E-state index contributed by atoms with van der Waals surface area (Å²) in [5, 5.41) is 0. The Morgan fingerprint density at radius 3 is 2.57 bits per heavy atom. The Kier molecular flexibility index (Phi) is 4.48. The SMILES string of the molecule is CC(=O)N1CCCN(S(=O)(=O)c2c(N)cccc2F)CC1. The number of rotatable bonds is 2. The fourth-order valence-corrected chi connectivity index (χ4v) is 4.01. The van der Waals surface area contributed by atoms with Gasteiger partial charge in [0.2, 0.25) is 15.9 Å². The van der Waals surface area contributed by atoms with Gasteiger partial charge in [-0.3, -0.25) is 4.79 Å². The van der Waals surface area contributed by atoms with Crippen molar-refractivity contribution in [2.45, 2.75) is 18.2 Å². The average Bonchev–Trinajstić information content (AvgIpc) is 2.64. The summed E-state index contributed by atoms with van der Waals surface area (Å²) in [7, 11) is -4.00. The molecule has 1 aliphatic rings. The lowest BCUT2D eigenvalue weighted by atomic mass is 10.3. The number of sulfonamides is 1. The molecule has 1 amide bonds. The normalized spacial score (nSPS) is 17.5. The van der Waals surface area contributed by atoms with Crippen molar-refractivity contribution < 1.29 is 17.6 Å². The number of nitrogens with two attached hydrogens (primary N) is 1. The monoisotopic (exact) mass is 315 g/mol. The topological polar surface area (TPSA) is 83.7 Å². The standard InChI is InChI=1S/C13H18FN3O3S/c1-10(18)16-6-3-7-17(9-8-16)21(19,20)13-11(14)4-2-5-12(13)15/h2,4-5H,3,6-9,15H2,1H3. The number of nitrogen functional groups attached to an aromatic ring is 1. The van der Waals surface area contributed by atoms with E-state index in [1.807, 2.05) is 0 Å². The molecule has 6 nitrogen and oxygen atoms in total. The van der Waals surface area contributed by atoms with Crippen molar-refractivity contribution in [3.8, 4) is 0 Å². The maximum Gasteiger partial charge on any atom is 0.248 e. The number of anilines is 1. The molecule has 0 aromatic heterocycles. The van der Waals surface area contributed by atoms with E-state index in [1.165, 1.54) is 23.4 Å². The Hall–Kier alpha value is -1.67. The molecule has 0 unspecified atom stereocenters. The minimum absolute atomic E-state index is 0.0975. The molecule has 116 valence electrons.